The molecule has 1 aromatic rings. The van der Waals surface area contributed by atoms with Gasteiger partial charge in [0.25, 0.3) is 5.91 Å². The Bertz CT molecular complexity index is 650. The third-order valence-corrected chi connectivity index (χ3v) is 5.95. The second-order valence-corrected chi connectivity index (χ2v) is 9.37. The zero-order valence-electron chi connectivity index (χ0n) is 19.6. The standard InChI is InChI=1S/C25H41BrN2O3/c1-4-5-6-7-8-9-10-11-12-13-14-15-24(29)27-28-25(30)19-31-23-17-16-21(20(2)3)18-22(23)26/h16-18,20H,4-15,19H2,1-3H3,(H,27,29)(H,28,30). The molecule has 0 saturated carbocycles. The van der Waals surface area contributed by atoms with Crippen molar-refractivity contribution in [2.75, 3.05) is 6.61 Å². The molecule has 0 aliphatic carbocycles. The van der Waals surface area contributed by atoms with Gasteiger partial charge in [0.1, 0.15) is 5.75 Å². The highest BCUT2D eigenvalue weighted by atomic mass is 79.9. The van der Waals surface area contributed by atoms with Crippen molar-refractivity contribution in [1.82, 2.24) is 10.9 Å². The van der Waals surface area contributed by atoms with Gasteiger partial charge in [-0.25, -0.2) is 0 Å². The summed E-state index contributed by atoms with van der Waals surface area (Å²) >= 11 is 3.47. The van der Waals surface area contributed by atoms with Crippen LogP contribution < -0.4 is 15.6 Å². The Morgan fingerprint density at radius 3 is 1.97 bits per heavy atom. The quantitative estimate of drug-likeness (QED) is 0.195. The van der Waals surface area contributed by atoms with E-state index in [-0.39, 0.29) is 18.4 Å². The minimum Gasteiger partial charge on any atom is -0.483 e. The highest BCUT2D eigenvalue weighted by molar-refractivity contribution is 9.10. The molecular weight excluding hydrogens is 456 g/mol. The first-order valence-electron chi connectivity index (χ1n) is 11.9. The summed E-state index contributed by atoms with van der Waals surface area (Å²) in [5.74, 6) is 0.481. The molecule has 0 aromatic heterocycles. The molecule has 0 atom stereocenters. The number of halogens is 1. The van der Waals surface area contributed by atoms with Gasteiger partial charge in [0, 0.05) is 6.42 Å². The van der Waals surface area contributed by atoms with E-state index >= 15 is 0 Å². The van der Waals surface area contributed by atoms with E-state index in [1.165, 1.54) is 63.4 Å². The van der Waals surface area contributed by atoms with E-state index in [0.717, 1.165) is 17.3 Å². The van der Waals surface area contributed by atoms with Gasteiger partial charge in [-0.15, -0.1) is 0 Å². The van der Waals surface area contributed by atoms with Crippen molar-refractivity contribution in [3.05, 3.63) is 28.2 Å². The van der Waals surface area contributed by atoms with E-state index < -0.39 is 0 Å². The van der Waals surface area contributed by atoms with Crippen molar-refractivity contribution in [3.63, 3.8) is 0 Å². The maximum absolute atomic E-state index is 11.9. The Kier molecular flexibility index (Phi) is 15.1. The molecule has 2 amide bonds. The molecule has 5 nitrogen and oxygen atoms in total. The second-order valence-electron chi connectivity index (χ2n) is 8.52. The molecule has 0 spiro atoms. The molecular formula is C25H41BrN2O3. The largest absolute Gasteiger partial charge is 0.483 e. The average molecular weight is 498 g/mol. The molecule has 0 aliphatic heterocycles. The summed E-state index contributed by atoms with van der Waals surface area (Å²) in [4.78, 5) is 23.8. The number of amides is 2. The van der Waals surface area contributed by atoms with Crippen LogP contribution in [0, 0.1) is 0 Å². The molecule has 31 heavy (non-hydrogen) atoms. The van der Waals surface area contributed by atoms with Crippen LogP contribution in [0.4, 0.5) is 0 Å². The van der Waals surface area contributed by atoms with Crippen LogP contribution >= 0.6 is 15.9 Å². The number of hydrogen-bond donors (Lipinski definition) is 2. The van der Waals surface area contributed by atoms with E-state index in [1.807, 2.05) is 18.2 Å². The lowest BCUT2D eigenvalue weighted by molar-refractivity contribution is -0.130. The van der Waals surface area contributed by atoms with Crippen molar-refractivity contribution >= 4 is 27.7 Å². The second kappa shape index (κ2) is 17.0. The van der Waals surface area contributed by atoms with Gasteiger partial charge in [0.15, 0.2) is 6.61 Å². The lowest BCUT2D eigenvalue weighted by Gasteiger charge is -2.12. The average Bonchev–Trinajstić information content (AvgIpc) is 2.75. The minimum atomic E-state index is -0.382. The third kappa shape index (κ3) is 13.5. The Morgan fingerprint density at radius 1 is 0.871 bits per heavy atom. The molecule has 0 aliphatic rings. The summed E-state index contributed by atoms with van der Waals surface area (Å²) < 4.78 is 6.34. The normalized spacial score (nSPS) is 10.9. The van der Waals surface area contributed by atoms with E-state index in [4.69, 9.17) is 4.74 Å². The number of nitrogens with one attached hydrogen (secondary N) is 2. The summed E-state index contributed by atoms with van der Waals surface area (Å²) in [6.45, 7) is 6.33. The number of carbonyl (C=O) groups excluding carboxylic acids is 2. The number of hydrogen-bond acceptors (Lipinski definition) is 3. The molecule has 1 rings (SSSR count). The zero-order valence-corrected chi connectivity index (χ0v) is 21.2. The number of carbonyl (C=O) groups is 2. The van der Waals surface area contributed by atoms with Crippen LogP contribution in [-0.2, 0) is 9.59 Å². The maximum Gasteiger partial charge on any atom is 0.276 e. The van der Waals surface area contributed by atoms with Gasteiger partial charge in [0.2, 0.25) is 5.91 Å². The fourth-order valence-electron chi connectivity index (χ4n) is 3.32. The van der Waals surface area contributed by atoms with Gasteiger partial charge in [-0.05, 0) is 46.0 Å². The molecule has 176 valence electrons. The summed E-state index contributed by atoms with van der Waals surface area (Å²) in [6.07, 6.45) is 14.1. The Labute approximate surface area is 197 Å². The minimum absolute atomic E-state index is 0.154. The van der Waals surface area contributed by atoms with Gasteiger partial charge in [-0.3, -0.25) is 20.4 Å². The molecule has 0 unspecified atom stereocenters. The van der Waals surface area contributed by atoms with Crippen LogP contribution in [0.15, 0.2) is 22.7 Å². The summed E-state index contributed by atoms with van der Waals surface area (Å²) in [6, 6.07) is 5.82. The van der Waals surface area contributed by atoms with Gasteiger partial charge in [-0.2, -0.15) is 0 Å². The van der Waals surface area contributed by atoms with Crippen molar-refractivity contribution in [2.45, 2.75) is 104 Å². The van der Waals surface area contributed by atoms with Crippen LogP contribution in [0.1, 0.15) is 109 Å². The zero-order chi connectivity index (χ0) is 22.9. The van der Waals surface area contributed by atoms with Gasteiger partial charge < -0.3 is 4.74 Å². The first-order valence-corrected chi connectivity index (χ1v) is 12.7. The van der Waals surface area contributed by atoms with Crippen LogP contribution in [0.3, 0.4) is 0 Å². The lowest BCUT2D eigenvalue weighted by atomic mass is 10.0. The number of ether oxygens (including phenoxy) is 1. The maximum atomic E-state index is 11.9. The molecule has 1 aromatic carbocycles. The lowest BCUT2D eigenvalue weighted by Crippen LogP contribution is -2.43. The predicted octanol–water partition coefficient (Wildman–Crippen LogP) is 6.80. The van der Waals surface area contributed by atoms with Gasteiger partial charge in [0.05, 0.1) is 4.47 Å². The van der Waals surface area contributed by atoms with Crippen molar-refractivity contribution < 1.29 is 14.3 Å². The SMILES string of the molecule is CCCCCCCCCCCCCC(=O)NNC(=O)COc1ccc(C(C)C)cc1Br. The summed E-state index contributed by atoms with van der Waals surface area (Å²) in [5.41, 5.74) is 6.07. The van der Waals surface area contributed by atoms with E-state index in [9.17, 15) is 9.59 Å². The fourth-order valence-corrected chi connectivity index (χ4v) is 3.84. The Hall–Kier alpha value is -1.56. The number of benzene rings is 1. The molecule has 0 fully saturated rings. The van der Waals surface area contributed by atoms with Crippen LogP contribution in [-0.4, -0.2) is 18.4 Å². The highest BCUT2D eigenvalue weighted by Gasteiger charge is 2.09. The monoisotopic (exact) mass is 496 g/mol. The molecule has 2 N–H and O–H groups in total. The topological polar surface area (TPSA) is 67.4 Å². The van der Waals surface area contributed by atoms with Crippen LogP contribution in [0.2, 0.25) is 0 Å². The summed E-state index contributed by atoms with van der Waals surface area (Å²) in [7, 11) is 0. The third-order valence-electron chi connectivity index (χ3n) is 5.33. The first kappa shape index (κ1) is 27.5. The fraction of sp³-hybridized carbons (Fsp3) is 0.680. The molecule has 0 bridgehead atoms. The van der Waals surface area contributed by atoms with E-state index in [2.05, 4.69) is 47.6 Å². The van der Waals surface area contributed by atoms with Crippen molar-refractivity contribution in [1.29, 1.82) is 0 Å². The van der Waals surface area contributed by atoms with Crippen molar-refractivity contribution in [3.8, 4) is 5.75 Å². The number of hydrazine groups is 1. The van der Waals surface area contributed by atoms with Crippen LogP contribution in [0.25, 0.3) is 0 Å². The smallest absolute Gasteiger partial charge is 0.276 e. The Morgan fingerprint density at radius 2 is 1.42 bits per heavy atom. The highest BCUT2D eigenvalue weighted by Crippen LogP contribution is 2.28. The molecule has 6 heteroatoms. The van der Waals surface area contributed by atoms with Gasteiger partial charge in [-0.1, -0.05) is 91.0 Å². The number of rotatable bonds is 16. The van der Waals surface area contributed by atoms with Crippen LogP contribution in [0.5, 0.6) is 5.75 Å². The number of unbranched alkanes of at least 4 members (excludes halogenated alkanes) is 10. The van der Waals surface area contributed by atoms with E-state index in [1.54, 1.807) is 0 Å². The first-order chi connectivity index (χ1) is 14.9. The molecule has 0 heterocycles. The summed E-state index contributed by atoms with van der Waals surface area (Å²) in [5, 5.41) is 0. The molecule has 0 radical (unpaired) electrons. The van der Waals surface area contributed by atoms with Gasteiger partial charge >= 0.3 is 0 Å². The van der Waals surface area contributed by atoms with E-state index in [0.29, 0.717) is 18.1 Å². The molecule has 0 saturated heterocycles. The predicted molar refractivity (Wildman–Crippen MR) is 131 cm³/mol. The van der Waals surface area contributed by atoms with Crippen molar-refractivity contribution in [2.24, 2.45) is 0 Å². The Balaban J connectivity index is 2.04.